The van der Waals surface area contributed by atoms with Crippen LogP contribution in [0.1, 0.15) is 24.0 Å². The molecule has 0 heterocycles. The summed E-state index contributed by atoms with van der Waals surface area (Å²) in [6, 6.07) is 14.8. The average molecular weight is 434 g/mol. The highest BCUT2D eigenvalue weighted by atomic mass is 32.2. The van der Waals surface area contributed by atoms with E-state index >= 15 is 0 Å². The number of hydrogen-bond acceptors (Lipinski definition) is 5. The molecule has 0 aromatic heterocycles. The molecule has 0 saturated heterocycles. The molecule has 164 valence electrons. The zero-order valence-electron chi connectivity index (χ0n) is 17.9. The van der Waals surface area contributed by atoms with Gasteiger partial charge in [-0.2, -0.15) is 4.31 Å². The zero-order valence-corrected chi connectivity index (χ0v) is 18.7. The monoisotopic (exact) mass is 433 g/mol. The van der Waals surface area contributed by atoms with Crippen molar-refractivity contribution in [2.75, 3.05) is 27.9 Å². The van der Waals surface area contributed by atoms with Crippen molar-refractivity contribution >= 4 is 10.0 Å². The van der Waals surface area contributed by atoms with Gasteiger partial charge < -0.3 is 14.2 Å². The van der Waals surface area contributed by atoms with Crippen LogP contribution < -0.4 is 9.47 Å². The lowest BCUT2D eigenvalue weighted by Crippen LogP contribution is -2.40. The molecular formula is C23H31NO5S. The van der Waals surface area contributed by atoms with E-state index in [0.717, 1.165) is 22.6 Å². The molecule has 0 N–H and O–H groups in total. The second-order valence-electron chi connectivity index (χ2n) is 6.95. The number of methoxy groups -OCH3 is 3. The number of ether oxygens (including phenoxy) is 3. The van der Waals surface area contributed by atoms with Crippen LogP contribution in [0, 0.1) is 0 Å². The third-order valence-electron chi connectivity index (χ3n) is 4.86. The molecule has 30 heavy (non-hydrogen) atoms. The van der Waals surface area contributed by atoms with Crippen molar-refractivity contribution in [1.82, 2.24) is 4.31 Å². The van der Waals surface area contributed by atoms with Gasteiger partial charge in [0.1, 0.15) is 11.5 Å². The molecule has 0 aliphatic carbocycles. The highest BCUT2D eigenvalue weighted by Crippen LogP contribution is 2.23. The molecule has 2 aromatic carbocycles. The van der Waals surface area contributed by atoms with Crippen LogP contribution in [-0.2, 0) is 27.8 Å². The molecule has 6 nitrogen and oxygen atoms in total. The molecule has 0 amide bonds. The maximum Gasteiger partial charge on any atom is 0.219 e. The van der Waals surface area contributed by atoms with Gasteiger partial charge in [-0.05, 0) is 48.2 Å². The molecule has 2 rings (SSSR count). The number of allylic oxidation sites excluding steroid dienone is 1. The number of nitrogens with zero attached hydrogens (tertiary/aromatic N) is 1. The van der Waals surface area contributed by atoms with E-state index in [4.69, 9.17) is 14.2 Å². The van der Waals surface area contributed by atoms with Gasteiger partial charge in [-0.1, -0.05) is 30.3 Å². The summed E-state index contributed by atoms with van der Waals surface area (Å²) in [5, 5.41) is -0.642. The first-order valence-electron chi connectivity index (χ1n) is 9.79. The topological polar surface area (TPSA) is 65.1 Å². The van der Waals surface area contributed by atoms with E-state index in [-0.39, 0.29) is 19.7 Å². The fourth-order valence-corrected chi connectivity index (χ4v) is 4.95. The van der Waals surface area contributed by atoms with Crippen LogP contribution in [0.15, 0.2) is 61.2 Å². The van der Waals surface area contributed by atoms with Crippen LogP contribution in [0.5, 0.6) is 11.5 Å². The normalized spacial score (nSPS) is 12.5. The van der Waals surface area contributed by atoms with Gasteiger partial charge in [0, 0.05) is 20.2 Å². The number of hydrogen-bond donors (Lipinski definition) is 0. The van der Waals surface area contributed by atoms with Crippen LogP contribution >= 0.6 is 0 Å². The lowest BCUT2D eigenvalue weighted by atomic mass is 10.2. The Morgan fingerprint density at radius 2 is 1.37 bits per heavy atom. The summed E-state index contributed by atoms with van der Waals surface area (Å²) in [5.41, 5.74) is 1.76. The third-order valence-corrected chi connectivity index (χ3v) is 7.05. The van der Waals surface area contributed by atoms with Crippen molar-refractivity contribution in [3.63, 3.8) is 0 Å². The lowest BCUT2D eigenvalue weighted by Gasteiger charge is -2.27. The molecule has 7 heteroatoms. The Bertz CT molecular complexity index is 829. The second kappa shape index (κ2) is 11.7. The van der Waals surface area contributed by atoms with Crippen LogP contribution in [-0.4, -0.2) is 45.9 Å². The van der Waals surface area contributed by atoms with Gasteiger partial charge >= 0.3 is 0 Å². The summed E-state index contributed by atoms with van der Waals surface area (Å²) in [7, 11) is 1.10. The van der Waals surface area contributed by atoms with Gasteiger partial charge in [0.05, 0.1) is 26.1 Å². The highest BCUT2D eigenvalue weighted by molar-refractivity contribution is 7.89. The minimum atomic E-state index is -3.63. The van der Waals surface area contributed by atoms with Gasteiger partial charge in [0.2, 0.25) is 10.0 Å². The summed E-state index contributed by atoms with van der Waals surface area (Å²) in [5.74, 6) is 1.46. The van der Waals surface area contributed by atoms with Crippen molar-refractivity contribution in [2.24, 2.45) is 0 Å². The molecule has 0 aliphatic heterocycles. The van der Waals surface area contributed by atoms with Crippen LogP contribution in [0.25, 0.3) is 0 Å². The first-order chi connectivity index (χ1) is 14.4. The minimum absolute atomic E-state index is 0.137. The second-order valence-corrected chi connectivity index (χ2v) is 9.17. The first kappa shape index (κ1) is 23.9. The largest absolute Gasteiger partial charge is 0.497 e. The summed E-state index contributed by atoms with van der Waals surface area (Å²) in [4.78, 5) is 0. The highest BCUT2D eigenvalue weighted by Gasteiger charge is 2.32. The number of rotatable bonds is 13. The number of benzene rings is 2. The molecule has 0 radical (unpaired) electrons. The average Bonchev–Trinajstić information content (AvgIpc) is 2.77. The van der Waals surface area contributed by atoms with Crippen LogP contribution in [0.3, 0.4) is 0 Å². The Morgan fingerprint density at radius 3 is 1.73 bits per heavy atom. The van der Waals surface area contributed by atoms with Crippen molar-refractivity contribution in [3.05, 3.63) is 72.3 Å². The van der Waals surface area contributed by atoms with Gasteiger partial charge in [-0.25, -0.2) is 8.42 Å². The van der Waals surface area contributed by atoms with Gasteiger partial charge in [0.15, 0.2) is 0 Å². The van der Waals surface area contributed by atoms with Crippen molar-refractivity contribution in [1.29, 1.82) is 0 Å². The molecule has 1 unspecified atom stereocenters. The Labute approximate surface area is 180 Å². The number of sulfonamides is 1. The first-order valence-corrected chi connectivity index (χ1v) is 11.3. The Morgan fingerprint density at radius 1 is 0.900 bits per heavy atom. The quantitative estimate of drug-likeness (QED) is 0.447. The van der Waals surface area contributed by atoms with E-state index in [1.54, 1.807) is 20.3 Å². The Hall–Kier alpha value is -2.35. The molecule has 1 atom stereocenters. The molecule has 0 bridgehead atoms. The summed E-state index contributed by atoms with van der Waals surface area (Å²) >= 11 is 0. The van der Waals surface area contributed by atoms with E-state index in [1.807, 2.05) is 48.5 Å². The summed E-state index contributed by atoms with van der Waals surface area (Å²) in [6.07, 6.45) is 2.79. The van der Waals surface area contributed by atoms with E-state index in [2.05, 4.69) is 6.58 Å². The molecule has 0 spiro atoms. The minimum Gasteiger partial charge on any atom is -0.497 e. The predicted octanol–water partition coefficient (Wildman–Crippen LogP) is 4.02. The molecular weight excluding hydrogens is 402 g/mol. The molecule has 2 aromatic rings. The predicted molar refractivity (Wildman–Crippen MR) is 119 cm³/mol. The fourth-order valence-electron chi connectivity index (χ4n) is 3.12. The maximum atomic E-state index is 13.5. The molecule has 0 saturated carbocycles. The standard InChI is InChI=1S/C23H31NO5S/c1-5-6-7-23(18-27-2)30(25,26)24(16-19-8-12-21(28-3)13-9-19)17-20-10-14-22(29-4)15-11-20/h5,8-15,23H,1,6-7,16-18H2,2-4H3. The SMILES string of the molecule is C=CCCC(COC)S(=O)(=O)N(Cc1ccc(OC)cc1)Cc1ccc(OC)cc1. The van der Waals surface area contributed by atoms with E-state index < -0.39 is 15.3 Å². The fraction of sp³-hybridized carbons (Fsp3) is 0.391. The van der Waals surface area contributed by atoms with E-state index in [1.165, 1.54) is 11.4 Å². The molecule has 0 aliphatic rings. The van der Waals surface area contributed by atoms with Gasteiger partial charge in [-0.3, -0.25) is 0 Å². The van der Waals surface area contributed by atoms with Crippen molar-refractivity contribution < 1.29 is 22.6 Å². The Balaban J connectivity index is 2.34. The van der Waals surface area contributed by atoms with Crippen LogP contribution in [0.4, 0.5) is 0 Å². The van der Waals surface area contributed by atoms with Gasteiger partial charge in [-0.15, -0.1) is 6.58 Å². The summed E-state index contributed by atoms with van der Waals surface area (Å²) < 4.78 is 44.2. The molecule has 0 fully saturated rings. The van der Waals surface area contributed by atoms with Crippen molar-refractivity contribution in [3.8, 4) is 11.5 Å². The van der Waals surface area contributed by atoms with Gasteiger partial charge in [0.25, 0.3) is 0 Å². The van der Waals surface area contributed by atoms with E-state index in [9.17, 15) is 8.42 Å². The third kappa shape index (κ3) is 6.58. The Kier molecular flexibility index (Phi) is 9.36. The smallest absolute Gasteiger partial charge is 0.219 e. The van der Waals surface area contributed by atoms with Crippen molar-refractivity contribution in [2.45, 2.75) is 31.2 Å². The maximum absolute atomic E-state index is 13.5. The van der Waals surface area contributed by atoms with E-state index in [0.29, 0.717) is 12.8 Å². The zero-order chi connectivity index (χ0) is 22.0. The summed E-state index contributed by atoms with van der Waals surface area (Å²) in [6.45, 7) is 4.36. The lowest BCUT2D eigenvalue weighted by molar-refractivity contribution is 0.191. The van der Waals surface area contributed by atoms with Crippen LogP contribution in [0.2, 0.25) is 0 Å².